The maximum Gasteiger partial charge on any atom is 0.316 e. The molecular weight excluding hydrogens is 346 g/mol. The monoisotopic (exact) mass is 360 g/mol. The first-order valence-electron chi connectivity index (χ1n) is 7.67. The average molecular weight is 360 g/mol. The minimum atomic E-state index is -1.10. The highest BCUT2D eigenvalue weighted by atomic mass is 19.1. The molecule has 1 aliphatic heterocycles. The number of carbonyl (C=O) groups excluding carboxylic acids is 3. The molecule has 0 saturated carbocycles. The molecule has 0 saturated heterocycles. The van der Waals surface area contributed by atoms with Gasteiger partial charge >= 0.3 is 17.8 Å². The van der Waals surface area contributed by atoms with Gasteiger partial charge in [-0.2, -0.15) is 0 Å². The molecule has 26 heavy (non-hydrogen) atoms. The van der Waals surface area contributed by atoms with Gasteiger partial charge in [-0.05, 0) is 23.8 Å². The number of rotatable bonds is 2. The predicted octanol–water partition coefficient (Wildman–Crippen LogP) is 2.21. The van der Waals surface area contributed by atoms with Crippen LogP contribution in [0.15, 0.2) is 42.5 Å². The molecule has 2 aromatic rings. The standard InChI is InChI=1S/C18H14F2N2O4/c1-26-18(25)12-9-22(15-5-3-2-4-11(12)15)17(24)16(23)21-14-7-6-10(19)8-13(14)20/h2-8,12H,9H2,1H3,(H,21,23)/t12-/m1/s1. The minimum absolute atomic E-state index is 0.0653. The quantitative estimate of drug-likeness (QED) is 0.658. The molecule has 2 aromatic carbocycles. The fourth-order valence-electron chi connectivity index (χ4n) is 2.83. The molecule has 134 valence electrons. The molecule has 0 fully saturated rings. The van der Waals surface area contributed by atoms with Gasteiger partial charge in [-0.3, -0.25) is 14.4 Å². The van der Waals surface area contributed by atoms with Gasteiger partial charge in [0.05, 0.1) is 12.8 Å². The van der Waals surface area contributed by atoms with E-state index in [4.69, 9.17) is 4.74 Å². The first-order chi connectivity index (χ1) is 12.4. The summed E-state index contributed by atoms with van der Waals surface area (Å²) in [5, 5.41) is 2.11. The molecule has 1 N–H and O–H groups in total. The Kier molecular flexibility index (Phi) is 4.66. The second-order valence-electron chi connectivity index (χ2n) is 5.63. The molecule has 3 rings (SSSR count). The van der Waals surface area contributed by atoms with E-state index in [0.717, 1.165) is 17.0 Å². The van der Waals surface area contributed by atoms with Crippen molar-refractivity contribution >= 4 is 29.2 Å². The normalized spacial score (nSPS) is 15.3. The van der Waals surface area contributed by atoms with Crippen molar-refractivity contribution in [1.29, 1.82) is 0 Å². The SMILES string of the molecule is COC(=O)[C@@H]1CN(C(=O)C(=O)Nc2ccc(F)cc2F)c2ccccc21. The Balaban J connectivity index is 1.83. The number of nitrogens with one attached hydrogen (secondary N) is 1. The molecule has 2 amide bonds. The maximum atomic E-state index is 13.7. The van der Waals surface area contributed by atoms with Crippen LogP contribution in [0.4, 0.5) is 20.2 Å². The fraction of sp³-hybridized carbons (Fsp3) is 0.167. The largest absolute Gasteiger partial charge is 0.468 e. The van der Waals surface area contributed by atoms with Crippen molar-refractivity contribution in [2.24, 2.45) is 0 Å². The van der Waals surface area contributed by atoms with E-state index in [1.54, 1.807) is 24.3 Å². The van der Waals surface area contributed by atoms with Gasteiger partial charge in [-0.25, -0.2) is 8.78 Å². The molecule has 1 atom stereocenters. The van der Waals surface area contributed by atoms with Gasteiger partial charge in [0.1, 0.15) is 17.6 Å². The number of esters is 1. The number of methoxy groups -OCH3 is 1. The van der Waals surface area contributed by atoms with E-state index in [1.807, 2.05) is 0 Å². The summed E-state index contributed by atoms with van der Waals surface area (Å²) >= 11 is 0. The number of amides is 2. The van der Waals surface area contributed by atoms with Crippen LogP contribution in [0.25, 0.3) is 0 Å². The van der Waals surface area contributed by atoms with Crippen molar-refractivity contribution in [2.75, 3.05) is 23.9 Å². The molecule has 6 nitrogen and oxygen atoms in total. The molecule has 0 radical (unpaired) electrons. The number of benzene rings is 2. The first-order valence-corrected chi connectivity index (χ1v) is 7.67. The molecule has 0 aromatic heterocycles. The number of carbonyl (C=O) groups is 3. The summed E-state index contributed by atoms with van der Waals surface area (Å²) in [5.41, 5.74) is 0.651. The molecule has 8 heteroatoms. The van der Waals surface area contributed by atoms with Gasteiger partial charge in [0, 0.05) is 18.3 Å². The number of ether oxygens (including phenoxy) is 1. The Morgan fingerprint density at radius 1 is 1.15 bits per heavy atom. The second kappa shape index (κ2) is 6.91. The van der Waals surface area contributed by atoms with Crippen LogP contribution in [-0.4, -0.2) is 31.4 Å². The van der Waals surface area contributed by atoms with Gasteiger partial charge < -0.3 is 15.0 Å². The summed E-state index contributed by atoms with van der Waals surface area (Å²) in [5.74, 6) is -5.11. The van der Waals surface area contributed by atoms with E-state index >= 15 is 0 Å². The van der Waals surface area contributed by atoms with Gasteiger partial charge in [-0.1, -0.05) is 18.2 Å². The number of para-hydroxylation sites is 1. The topological polar surface area (TPSA) is 75.7 Å². The summed E-state index contributed by atoms with van der Waals surface area (Å²) in [7, 11) is 1.24. The van der Waals surface area contributed by atoms with Crippen LogP contribution >= 0.6 is 0 Å². The number of fused-ring (bicyclic) bond motifs is 1. The Labute approximate surface area is 147 Å². The predicted molar refractivity (Wildman–Crippen MR) is 88.5 cm³/mol. The number of hydrogen-bond acceptors (Lipinski definition) is 4. The third kappa shape index (κ3) is 3.13. The van der Waals surface area contributed by atoms with Gasteiger partial charge in [-0.15, -0.1) is 0 Å². The summed E-state index contributed by atoms with van der Waals surface area (Å²) < 4.78 is 31.3. The zero-order valence-corrected chi connectivity index (χ0v) is 13.7. The summed E-state index contributed by atoms with van der Waals surface area (Å²) in [4.78, 5) is 37.8. The van der Waals surface area contributed by atoms with E-state index in [0.29, 0.717) is 17.3 Å². The van der Waals surface area contributed by atoms with Crippen LogP contribution in [0, 0.1) is 11.6 Å². The van der Waals surface area contributed by atoms with Gasteiger partial charge in [0.25, 0.3) is 0 Å². The highest BCUT2D eigenvalue weighted by Crippen LogP contribution is 2.36. The summed E-state index contributed by atoms with van der Waals surface area (Å²) in [6.07, 6.45) is 0. The molecular formula is C18H14F2N2O4. The second-order valence-corrected chi connectivity index (χ2v) is 5.63. The van der Waals surface area contributed by atoms with Crippen molar-refractivity contribution in [3.8, 4) is 0 Å². The van der Waals surface area contributed by atoms with Crippen molar-refractivity contribution in [3.05, 3.63) is 59.7 Å². The van der Waals surface area contributed by atoms with Crippen molar-refractivity contribution < 1.29 is 27.9 Å². The summed E-state index contributed by atoms with van der Waals surface area (Å²) in [6, 6.07) is 9.21. The minimum Gasteiger partial charge on any atom is -0.468 e. The van der Waals surface area contributed by atoms with Crippen LogP contribution < -0.4 is 10.2 Å². The van der Waals surface area contributed by atoms with Crippen molar-refractivity contribution in [3.63, 3.8) is 0 Å². The zero-order chi connectivity index (χ0) is 18.8. The Bertz CT molecular complexity index is 901. The van der Waals surface area contributed by atoms with Crippen LogP contribution in [0.1, 0.15) is 11.5 Å². The van der Waals surface area contributed by atoms with E-state index in [9.17, 15) is 23.2 Å². The van der Waals surface area contributed by atoms with E-state index in [-0.39, 0.29) is 12.2 Å². The first kappa shape index (κ1) is 17.5. The number of halogens is 2. The molecule has 0 aliphatic carbocycles. The molecule has 1 aliphatic rings. The van der Waals surface area contributed by atoms with Crippen LogP contribution in [0.3, 0.4) is 0 Å². The number of anilines is 2. The lowest BCUT2D eigenvalue weighted by Crippen LogP contribution is -2.40. The lowest BCUT2D eigenvalue weighted by Gasteiger charge is -2.17. The Morgan fingerprint density at radius 3 is 2.58 bits per heavy atom. The van der Waals surface area contributed by atoms with E-state index in [1.165, 1.54) is 7.11 Å². The molecule has 1 heterocycles. The molecule has 0 spiro atoms. The van der Waals surface area contributed by atoms with Crippen molar-refractivity contribution in [2.45, 2.75) is 5.92 Å². The third-order valence-corrected chi connectivity index (χ3v) is 4.07. The lowest BCUT2D eigenvalue weighted by atomic mass is 10.0. The highest BCUT2D eigenvalue weighted by Gasteiger charge is 2.39. The Morgan fingerprint density at radius 2 is 1.88 bits per heavy atom. The average Bonchev–Trinajstić information content (AvgIpc) is 3.02. The fourth-order valence-corrected chi connectivity index (χ4v) is 2.83. The van der Waals surface area contributed by atoms with Crippen LogP contribution in [0.2, 0.25) is 0 Å². The molecule has 0 unspecified atom stereocenters. The highest BCUT2D eigenvalue weighted by molar-refractivity contribution is 6.44. The van der Waals surface area contributed by atoms with Crippen molar-refractivity contribution in [1.82, 2.24) is 0 Å². The third-order valence-electron chi connectivity index (χ3n) is 4.07. The Hall–Kier alpha value is -3.29. The van der Waals surface area contributed by atoms with Gasteiger partial charge in [0.15, 0.2) is 0 Å². The van der Waals surface area contributed by atoms with Crippen LogP contribution in [-0.2, 0) is 19.1 Å². The number of hydrogen-bond donors (Lipinski definition) is 1. The van der Waals surface area contributed by atoms with Gasteiger partial charge in [0.2, 0.25) is 0 Å². The van der Waals surface area contributed by atoms with Crippen LogP contribution in [0.5, 0.6) is 0 Å². The zero-order valence-electron chi connectivity index (χ0n) is 13.7. The number of nitrogens with zero attached hydrogens (tertiary/aromatic N) is 1. The maximum absolute atomic E-state index is 13.7. The molecule has 0 bridgehead atoms. The smallest absolute Gasteiger partial charge is 0.316 e. The van der Waals surface area contributed by atoms with E-state index in [2.05, 4.69) is 5.32 Å². The summed E-state index contributed by atoms with van der Waals surface area (Å²) in [6.45, 7) is -0.0653. The van der Waals surface area contributed by atoms with E-state index < -0.39 is 35.3 Å². The lowest BCUT2D eigenvalue weighted by molar-refractivity contribution is -0.142.